The summed E-state index contributed by atoms with van der Waals surface area (Å²) < 4.78 is 40.3. The number of rotatable bonds is 5. The van der Waals surface area contributed by atoms with Gasteiger partial charge in [0.1, 0.15) is 0 Å². The largest absolute Gasteiger partial charge is 0.418 e. The van der Waals surface area contributed by atoms with E-state index in [9.17, 15) is 18.0 Å². The first-order chi connectivity index (χ1) is 17.3. The highest BCUT2D eigenvalue weighted by atomic mass is 19.4. The number of halogens is 3. The molecular formula is C27H26F3N5O. The smallest absolute Gasteiger partial charge is 0.381 e. The summed E-state index contributed by atoms with van der Waals surface area (Å²) in [6, 6.07) is 8.70. The first-order valence-corrected chi connectivity index (χ1v) is 11.9. The number of nitrogens with zero attached hydrogens (tertiary/aromatic N) is 3. The monoisotopic (exact) mass is 493 g/mol. The van der Waals surface area contributed by atoms with Crippen molar-refractivity contribution in [3.8, 4) is 11.1 Å². The molecule has 1 amide bonds. The topological polar surface area (TPSA) is 70.2 Å². The van der Waals surface area contributed by atoms with Crippen LogP contribution >= 0.6 is 0 Å². The van der Waals surface area contributed by atoms with Crippen LogP contribution in [0.1, 0.15) is 36.5 Å². The van der Waals surface area contributed by atoms with Crippen molar-refractivity contribution in [1.82, 2.24) is 14.9 Å². The average molecular weight is 494 g/mol. The third-order valence-electron chi connectivity index (χ3n) is 6.59. The van der Waals surface area contributed by atoms with Gasteiger partial charge >= 0.3 is 6.18 Å². The molecule has 0 aliphatic carbocycles. The molecule has 0 bridgehead atoms. The fourth-order valence-electron chi connectivity index (χ4n) is 4.80. The highest BCUT2D eigenvalue weighted by molar-refractivity contribution is 6.28. The lowest BCUT2D eigenvalue weighted by atomic mass is 9.91. The van der Waals surface area contributed by atoms with E-state index in [4.69, 9.17) is 0 Å². The molecule has 3 aromatic rings. The van der Waals surface area contributed by atoms with Crippen LogP contribution in [0.2, 0.25) is 0 Å². The van der Waals surface area contributed by atoms with E-state index in [1.165, 1.54) is 12.8 Å². The second-order valence-corrected chi connectivity index (χ2v) is 9.21. The van der Waals surface area contributed by atoms with Crippen LogP contribution in [0.4, 0.5) is 24.5 Å². The number of carbonyl (C=O) groups excluding carboxylic acids is 1. The standard InChI is InChI=1S/C27H26F3N5O/c1-17-12-33-23-5-4-19(20-10-18(13-32-14-20)16-35-8-2-3-9-35)11-21(23)25(17)26(36)34-24-15-31-7-6-22(24)27(28,29)30/h4-7,10-11,13-15,33H,2-3,8-9,12,16H2,1H3,(H,34,36). The molecule has 1 aromatic carbocycles. The van der Waals surface area contributed by atoms with Gasteiger partial charge in [0.15, 0.2) is 0 Å². The molecule has 9 heteroatoms. The predicted molar refractivity (Wildman–Crippen MR) is 133 cm³/mol. The SMILES string of the molecule is CC1=C(C(=O)Nc2cnccc2C(F)(F)F)c2cc(-c3cncc(CN4CCCC4)c3)ccc2NC1. The minimum absolute atomic E-state index is 0.351. The second kappa shape index (κ2) is 9.73. The number of likely N-dealkylation sites (tertiary alicyclic amines) is 1. The summed E-state index contributed by atoms with van der Waals surface area (Å²) in [7, 11) is 0. The van der Waals surface area contributed by atoms with Gasteiger partial charge in [0, 0.05) is 54.1 Å². The molecule has 2 aliphatic rings. The van der Waals surface area contributed by atoms with Crippen LogP contribution in [-0.2, 0) is 17.5 Å². The molecule has 6 nitrogen and oxygen atoms in total. The summed E-state index contributed by atoms with van der Waals surface area (Å²) in [5.74, 6) is -0.605. The normalized spacial score (nSPS) is 16.0. The van der Waals surface area contributed by atoms with Crippen molar-refractivity contribution < 1.29 is 18.0 Å². The molecular weight excluding hydrogens is 467 g/mol. The van der Waals surface area contributed by atoms with E-state index in [1.807, 2.05) is 24.4 Å². The third kappa shape index (κ3) is 4.97. The maximum absolute atomic E-state index is 13.4. The molecule has 4 heterocycles. The first-order valence-electron chi connectivity index (χ1n) is 11.9. The Morgan fingerprint density at radius 1 is 1.06 bits per heavy atom. The summed E-state index contributed by atoms with van der Waals surface area (Å²) in [6.45, 7) is 5.23. The van der Waals surface area contributed by atoms with Gasteiger partial charge in [-0.05, 0) is 73.8 Å². The van der Waals surface area contributed by atoms with Crippen LogP contribution in [0, 0.1) is 0 Å². The maximum atomic E-state index is 13.4. The molecule has 1 fully saturated rings. The van der Waals surface area contributed by atoms with Crippen molar-refractivity contribution in [3.63, 3.8) is 0 Å². The van der Waals surface area contributed by atoms with Crippen LogP contribution in [0.15, 0.2) is 60.7 Å². The fourth-order valence-corrected chi connectivity index (χ4v) is 4.80. The van der Waals surface area contributed by atoms with Gasteiger partial charge < -0.3 is 10.6 Å². The minimum Gasteiger partial charge on any atom is -0.381 e. The van der Waals surface area contributed by atoms with Gasteiger partial charge in [0.05, 0.1) is 17.4 Å². The number of benzene rings is 1. The molecule has 186 valence electrons. The molecule has 2 N–H and O–H groups in total. The Balaban J connectivity index is 1.46. The molecule has 36 heavy (non-hydrogen) atoms. The van der Waals surface area contributed by atoms with Crippen molar-refractivity contribution in [2.24, 2.45) is 0 Å². The number of alkyl halides is 3. The van der Waals surface area contributed by atoms with Gasteiger partial charge in [0.2, 0.25) is 0 Å². The summed E-state index contributed by atoms with van der Waals surface area (Å²) in [4.78, 5) is 23.9. The van der Waals surface area contributed by atoms with Crippen molar-refractivity contribution in [3.05, 3.63) is 77.4 Å². The van der Waals surface area contributed by atoms with Crippen molar-refractivity contribution in [2.45, 2.75) is 32.5 Å². The Morgan fingerprint density at radius 2 is 1.86 bits per heavy atom. The van der Waals surface area contributed by atoms with Crippen LogP contribution in [0.3, 0.4) is 0 Å². The predicted octanol–water partition coefficient (Wildman–Crippen LogP) is 5.60. The Labute approximate surface area is 207 Å². The van der Waals surface area contributed by atoms with E-state index in [0.717, 1.165) is 66.0 Å². The van der Waals surface area contributed by atoms with Gasteiger partial charge in [-0.25, -0.2) is 0 Å². The fraction of sp³-hybridized carbons (Fsp3) is 0.296. The van der Waals surface area contributed by atoms with Crippen LogP contribution < -0.4 is 10.6 Å². The molecule has 0 saturated carbocycles. The Kier molecular flexibility index (Phi) is 6.49. The second-order valence-electron chi connectivity index (χ2n) is 9.21. The molecule has 0 unspecified atom stereocenters. The number of hydrogen-bond donors (Lipinski definition) is 2. The summed E-state index contributed by atoms with van der Waals surface area (Å²) in [6.07, 6.45) is 3.55. The Bertz CT molecular complexity index is 1330. The lowest BCUT2D eigenvalue weighted by Gasteiger charge is -2.24. The van der Waals surface area contributed by atoms with E-state index < -0.39 is 17.6 Å². The zero-order valence-corrected chi connectivity index (χ0v) is 19.8. The van der Waals surface area contributed by atoms with E-state index in [-0.39, 0.29) is 5.69 Å². The molecule has 0 atom stereocenters. The molecule has 0 radical (unpaired) electrons. The Hall–Kier alpha value is -3.72. The van der Waals surface area contributed by atoms with E-state index in [1.54, 1.807) is 13.1 Å². The number of anilines is 2. The van der Waals surface area contributed by atoms with Gasteiger partial charge in [0.25, 0.3) is 5.91 Å². The number of pyridine rings is 2. The van der Waals surface area contributed by atoms with E-state index in [2.05, 4.69) is 31.6 Å². The number of aromatic nitrogens is 2. The Morgan fingerprint density at radius 3 is 2.64 bits per heavy atom. The third-order valence-corrected chi connectivity index (χ3v) is 6.59. The van der Waals surface area contributed by atoms with Gasteiger partial charge in [-0.15, -0.1) is 0 Å². The quantitative estimate of drug-likeness (QED) is 0.485. The van der Waals surface area contributed by atoms with Crippen molar-refractivity contribution >= 4 is 22.9 Å². The first kappa shape index (κ1) is 24.0. The number of fused-ring (bicyclic) bond motifs is 1. The lowest BCUT2D eigenvalue weighted by molar-refractivity contribution is -0.137. The van der Waals surface area contributed by atoms with Gasteiger partial charge in [-0.1, -0.05) is 6.07 Å². The molecule has 5 rings (SSSR count). The van der Waals surface area contributed by atoms with Crippen LogP contribution in [0.5, 0.6) is 0 Å². The zero-order chi connectivity index (χ0) is 25.3. The molecule has 2 aliphatic heterocycles. The summed E-state index contributed by atoms with van der Waals surface area (Å²) in [5.41, 5.74) is 4.07. The molecule has 0 spiro atoms. The molecule has 2 aromatic heterocycles. The maximum Gasteiger partial charge on any atom is 0.418 e. The summed E-state index contributed by atoms with van der Waals surface area (Å²) in [5, 5.41) is 5.72. The lowest BCUT2D eigenvalue weighted by Crippen LogP contribution is -2.23. The highest BCUT2D eigenvalue weighted by Gasteiger charge is 2.34. The van der Waals surface area contributed by atoms with Gasteiger partial charge in [-0.3, -0.25) is 19.7 Å². The van der Waals surface area contributed by atoms with Crippen LogP contribution in [-0.4, -0.2) is 40.4 Å². The highest BCUT2D eigenvalue weighted by Crippen LogP contribution is 2.37. The number of hydrogen-bond acceptors (Lipinski definition) is 5. The van der Waals surface area contributed by atoms with E-state index >= 15 is 0 Å². The average Bonchev–Trinajstić information content (AvgIpc) is 3.36. The summed E-state index contributed by atoms with van der Waals surface area (Å²) >= 11 is 0. The number of nitrogens with one attached hydrogen (secondary N) is 2. The minimum atomic E-state index is -4.61. The number of carbonyl (C=O) groups is 1. The van der Waals surface area contributed by atoms with Crippen molar-refractivity contribution in [1.29, 1.82) is 0 Å². The molecule has 1 saturated heterocycles. The van der Waals surface area contributed by atoms with Crippen molar-refractivity contribution in [2.75, 3.05) is 30.3 Å². The zero-order valence-electron chi connectivity index (χ0n) is 19.8. The van der Waals surface area contributed by atoms with Crippen LogP contribution in [0.25, 0.3) is 16.7 Å². The van der Waals surface area contributed by atoms with E-state index in [0.29, 0.717) is 17.7 Å². The van der Waals surface area contributed by atoms with Gasteiger partial charge in [-0.2, -0.15) is 13.2 Å². The number of amides is 1.